The van der Waals surface area contributed by atoms with Crippen LogP contribution < -0.4 is 15.5 Å². The van der Waals surface area contributed by atoms with E-state index >= 15 is 0 Å². The van der Waals surface area contributed by atoms with Crippen LogP contribution in [-0.4, -0.2) is 44.5 Å². The Kier molecular flexibility index (Phi) is 4.89. The zero-order chi connectivity index (χ0) is 20.8. The first-order valence-electron chi connectivity index (χ1n) is 9.84. The van der Waals surface area contributed by atoms with Gasteiger partial charge in [0.05, 0.1) is 21.9 Å². The number of hydrogen-bond acceptors (Lipinski definition) is 6. The largest absolute Gasteiger partial charge is 0.353 e. The minimum absolute atomic E-state index is 0.407. The third kappa shape index (κ3) is 3.43. The molecule has 0 amide bonds. The van der Waals surface area contributed by atoms with E-state index in [-0.39, 0.29) is 0 Å². The van der Waals surface area contributed by atoms with Gasteiger partial charge in [-0.1, -0.05) is 29.3 Å². The first kappa shape index (κ1) is 19.4. The summed E-state index contributed by atoms with van der Waals surface area (Å²) in [5.74, 6) is 1.56. The lowest BCUT2D eigenvalue weighted by Gasteiger charge is -2.36. The van der Waals surface area contributed by atoms with Crippen LogP contribution in [0, 0.1) is 0 Å². The molecule has 1 saturated heterocycles. The molecule has 7 nitrogen and oxygen atoms in total. The summed E-state index contributed by atoms with van der Waals surface area (Å²) in [5.41, 5.74) is 2.93. The minimum Gasteiger partial charge on any atom is -0.353 e. The summed E-state index contributed by atoms with van der Waals surface area (Å²) in [6.45, 7) is 6.20. The van der Waals surface area contributed by atoms with Gasteiger partial charge in [-0.2, -0.15) is 0 Å². The van der Waals surface area contributed by atoms with E-state index < -0.39 is 0 Å². The van der Waals surface area contributed by atoms with Gasteiger partial charge in [0.25, 0.3) is 0 Å². The Morgan fingerprint density at radius 1 is 1.03 bits per heavy atom. The average Bonchev–Trinajstić information content (AvgIpc) is 3.20. The first-order valence-corrected chi connectivity index (χ1v) is 10.6. The van der Waals surface area contributed by atoms with Gasteiger partial charge in [0.15, 0.2) is 11.5 Å². The molecule has 1 aliphatic rings. The summed E-state index contributed by atoms with van der Waals surface area (Å²) in [6.07, 6.45) is 3.50. The number of hydrogen-bond donors (Lipinski definition) is 2. The van der Waals surface area contributed by atoms with Crippen molar-refractivity contribution >= 4 is 57.2 Å². The molecule has 5 rings (SSSR count). The van der Waals surface area contributed by atoms with Gasteiger partial charge in [0.1, 0.15) is 23.2 Å². The number of benzene rings is 1. The highest BCUT2D eigenvalue weighted by Gasteiger charge is 2.22. The maximum absolute atomic E-state index is 6.33. The molecule has 1 aromatic carbocycles. The summed E-state index contributed by atoms with van der Waals surface area (Å²) in [6, 6.07) is 10.2. The molecule has 0 bridgehead atoms. The van der Waals surface area contributed by atoms with Gasteiger partial charge in [0, 0.05) is 25.2 Å². The molecule has 4 heterocycles. The zero-order valence-corrected chi connectivity index (χ0v) is 18.1. The fourth-order valence-corrected chi connectivity index (χ4v) is 4.52. The van der Waals surface area contributed by atoms with E-state index in [9.17, 15) is 0 Å². The Balaban J connectivity index is 1.59. The highest BCUT2D eigenvalue weighted by Crippen LogP contribution is 2.34. The lowest BCUT2D eigenvalue weighted by molar-refractivity contribution is 0.405. The predicted molar refractivity (Wildman–Crippen MR) is 122 cm³/mol. The Bertz CT molecular complexity index is 1210. The van der Waals surface area contributed by atoms with Crippen molar-refractivity contribution in [2.24, 2.45) is 0 Å². The number of para-hydroxylation sites is 1. The van der Waals surface area contributed by atoms with Crippen LogP contribution in [-0.2, 0) is 0 Å². The summed E-state index contributed by atoms with van der Waals surface area (Å²) < 4.78 is 1.94. The molecular weight excluding hydrogens is 421 g/mol. The fraction of sp³-hybridized carbons (Fsp3) is 0.286. The maximum Gasteiger partial charge on any atom is 0.166 e. The normalized spacial score (nSPS) is 19.5. The summed E-state index contributed by atoms with van der Waals surface area (Å²) in [7, 11) is 0. The van der Waals surface area contributed by atoms with Crippen molar-refractivity contribution in [3.63, 3.8) is 0 Å². The second kappa shape index (κ2) is 7.58. The maximum atomic E-state index is 6.33. The molecule has 4 aromatic rings. The van der Waals surface area contributed by atoms with E-state index in [1.807, 2.05) is 16.5 Å². The lowest BCUT2D eigenvalue weighted by atomic mass is 10.1. The summed E-state index contributed by atoms with van der Waals surface area (Å²) in [5, 5.41) is 7.87. The van der Waals surface area contributed by atoms with E-state index in [2.05, 4.69) is 34.4 Å². The fourth-order valence-electron chi connectivity index (χ4n) is 4.03. The molecule has 0 aliphatic carbocycles. The molecule has 2 unspecified atom stereocenters. The molecule has 1 fully saturated rings. The Morgan fingerprint density at radius 2 is 1.77 bits per heavy atom. The van der Waals surface area contributed by atoms with E-state index in [1.54, 1.807) is 30.7 Å². The molecule has 9 heteroatoms. The van der Waals surface area contributed by atoms with E-state index in [4.69, 9.17) is 33.2 Å². The van der Waals surface area contributed by atoms with Crippen molar-refractivity contribution in [1.82, 2.24) is 24.7 Å². The van der Waals surface area contributed by atoms with Crippen molar-refractivity contribution in [3.05, 3.63) is 52.9 Å². The predicted octanol–water partition coefficient (Wildman–Crippen LogP) is 4.51. The molecular formula is C21H21Cl2N7. The van der Waals surface area contributed by atoms with E-state index in [1.165, 1.54) is 0 Å². The monoisotopic (exact) mass is 441 g/mol. The highest BCUT2D eigenvalue weighted by molar-refractivity contribution is 6.39. The molecule has 30 heavy (non-hydrogen) atoms. The Labute approximate surface area is 184 Å². The van der Waals surface area contributed by atoms with E-state index in [0.29, 0.717) is 33.6 Å². The SMILES string of the molecule is CC1CN(c2ccc3nc(Nc4c(Cl)cccc4Cl)c4cncn4c3n2)CC(C)N1. The number of nitrogens with zero attached hydrogens (tertiary/aromatic N) is 5. The number of rotatable bonds is 3. The van der Waals surface area contributed by atoms with Crippen LogP contribution in [0.25, 0.3) is 16.7 Å². The standard InChI is InChI=1S/C21H21Cl2N7/c1-12-9-29(10-13(2)25-12)18-7-6-16-21(27-18)30-11-24-8-17(30)20(26-16)28-19-14(22)4-3-5-15(19)23/h3-8,11-13,25H,9-10H2,1-2H3,(H,26,28). The van der Waals surface area contributed by atoms with Crippen molar-refractivity contribution < 1.29 is 0 Å². The Hall–Kier alpha value is -2.61. The van der Waals surface area contributed by atoms with Gasteiger partial charge in [-0.05, 0) is 38.1 Å². The van der Waals surface area contributed by atoms with Gasteiger partial charge in [-0.3, -0.25) is 4.40 Å². The third-order valence-electron chi connectivity index (χ3n) is 5.27. The number of nitrogens with one attached hydrogen (secondary N) is 2. The average molecular weight is 442 g/mol. The molecule has 2 N–H and O–H groups in total. The smallest absolute Gasteiger partial charge is 0.166 e. The van der Waals surface area contributed by atoms with Crippen LogP contribution >= 0.6 is 23.2 Å². The van der Waals surface area contributed by atoms with Crippen LogP contribution in [0.5, 0.6) is 0 Å². The molecule has 0 saturated carbocycles. The van der Waals surface area contributed by atoms with Crippen LogP contribution in [0.3, 0.4) is 0 Å². The van der Waals surface area contributed by atoms with Gasteiger partial charge < -0.3 is 15.5 Å². The number of pyridine rings is 1. The van der Waals surface area contributed by atoms with Crippen LogP contribution in [0.15, 0.2) is 42.9 Å². The molecule has 2 atom stereocenters. The van der Waals surface area contributed by atoms with E-state index in [0.717, 1.165) is 35.6 Å². The quantitative estimate of drug-likeness (QED) is 0.487. The van der Waals surface area contributed by atoms with Gasteiger partial charge in [0.2, 0.25) is 0 Å². The third-order valence-corrected chi connectivity index (χ3v) is 5.90. The minimum atomic E-state index is 0.407. The van der Waals surface area contributed by atoms with Crippen molar-refractivity contribution in [3.8, 4) is 0 Å². The molecule has 3 aromatic heterocycles. The summed E-state index contributed by atoms with van der Waals surface area (Å²) in [4.78, 5) is 16.3. The molecule has 0 radical (unpaired) electrons. The molecule has 1 aliphatic heterocycles. The van der Waals surface area contributed by atoms with Crippen LogP contribution in [0.2, 0.25) is 10.0 Å². The van der Waals surface area contributed by atoms with Crippen LogP contribution in [0.4, 0.5) is 17.3 Å². The summed E-state index contributed by atoms with van der Waals surface area (Å²) >= 11 is 12.7. The van der Waals surface area contributed by atoms with Gasteiger partial charge in [-0.25, -0.2) is 15.0 Å². The lowest BCUT2D eigenvalue weighted by Crippen LogP contribution is -2.54. The second-order valence-electron chi connectivity index (χ2n) is 7.72. The molecule has 0 spiro atoms. The number of halogens is 2. The topological polar surface area (TPSA) is 70.4 Å². The number of fused-ring (bicyclic) bond motifs is 3. The van der Waals surface area contributed by atoms with Crippen molar-refractivity contribution in [1.29, 1.82) is 0 Å². The van der Waals surface area contributed by atoms with Crippen molar-refractivity contribution in [2.45, 2.75) is 25.9 Å². The zero-order valence-electron chi connectivity index (χ0n) is 16.6. The number of piperazine rings is 1. The number of anilines is 3. The van der Waals surface area contributed by atoms with Gasteiger partial charge >= 0.3 is 0 Å². The first-order chi connectivity index (χ1) is 14.5. The Morgan fingerprint density at radius 3 is 2.50 bits per heavy atom. The van der Waals surface area contributed by atoms with Gasteiger partial charge in [-0.15, -0.1) is 0 Å². The molecule has 154 valence electrons. The van der Waals surface area contributed by atoms with Crippen molar-refractivity contribution in [2.75, 3.05) is 23.3 Å². The highest BCUT2D eigenvalue weighted by atomic mass is 35.5. The second-order valence-corrected chi connectivity index (χ2v) is 8.53. The number of aromatic nitrogens is 4. The number of imidazole rings is 1. The van der Waals surface area contributed by atoms with Crippen LogP contribution in [0.1, 0.15) is 13.8 Å².